The second kappa shape index (κ2) is 5.47. The van der Waals surface area contributed by atoms with Crippen LogP contribution in [-0.2, 0) is 9.59 Å². The first-order valence-electron chi connectivity index (χ1n) is 5.42. The summed E-state index contributed by atoms with van der Waals surface area (Å²) in [6.07, 6.45) is 3.07. The van der Waals surface area contributed by atoms with Gasteiger partial charge in [-0.15, -0.1) is 0 Å². The molecular formula is C11H17N3O3. The summed E-state index contributed by atoms with van der Waals surface area (Å²) >= 11 is 0. The van der Waals surface area contributed by atoms with E-state index in [9.17, 15) is 9.59 Å². The predicted molar refractivity (Wildman–Crippen MR) is 61.4 cm³/mol. The van der Waals surface area contributed by atoms with E-state index in [1.54, 1.807) is 12.5 Å². The summed E-state index contributed by atoms with van der Waals surface area (Å²) < 4.78 is 1.85. The molecule has 1 heterocycles. The smallest absolute Gasteiger partial charge is 0.305 e. The first-order valence-corrected chi connectivity index (χ1v) is 5.42. The summed E-state index contributed by atoms with van der Waals surface area (Å²) in [6, 6.07) is -0.382. The molecule has 0 radical (unpaired) electrons. The Morgan fingerprint density at radius 2 is 2.18 bits per heavy atom. The minimum atomic E-state index is -0.958. The van der Waals surface area contributed by atoms with Crippen LogP contribution in [0, 0.1) is 0 Å². The van der Waals surface area contributed by atoms with Crippen molar-refractivity contribution < 1.29 is 14.7 Å². The van der Waals surface area contributed by atoms with E-state index < -0.39 is 12.0 Å². The average Bonchev–Trinajstić information content (AvgIpc) is 2.62. The van der Waals surface area contributed by atoms with Crippen LogP contribution in [0.5, 0.6) is 0 Å². The number of amides is 1. The molecule has 1 aromatic rings. The zero-order valence-electron chi connectivity index (χ0n) is 10.2. The number of nitrogens with zero attached hydrogens (tertiary/aromatic N) is 2. The van der Waals surface area contributed by atoms with Gasteiger partial charge in [0.05, 0.1) is 30.7 Å². The van der Waals surface area contributed by atoms with Crippen LogP contribution in [0.4, 0.5) is 0 Å². The van der Waals surface area contributed by atoms with Crippen LogP contribution in [0.25, 0.3) is 0 Å². The van der Waals surface area contributed by atoms with Gasteiger partial charge in [0.15, 0.2) is 0 Å². The molecule has 1 atom stereocenters. The van der Waals surface area contributed by atoms with Crippen LogP contribution in [0.3, 0.4) is 0 Å². The monoisotopic (exact) mass is 239 g/mol. The molecule has 0 saturated heterocycles. The number of carboxylic acids is 1. The number of hydrogen-bond acceptors (Lipinski definition) is 3. The molecule has 6 nitrogen and oxygen atoms in total. The quantitative estimate of drug-likeness (QED) is 0.806. The third-order valence-electron chi connectivity index (χ3n) is 2.37. The lowest BCUT2D eigenvalue weighted by Crippen LogP contribution is -2.30. The van der Waals surface area contributed by atoms with E-state index in [1.807, 2.05) is 18.4 Å². The molecule has 0 aliphatic heterocycles. The van der Waals surface area contributed by atoms with Crippen LogP contribution in [-0.4, -0.2) is 26.5 Å². The Morgan fingerprint density at radius 3 is 2.65 bits per heavy atom. The lowest BCUT2D eigenvalue weighted by molar-refractivity contribution is -0.137. The molecule has 6 heteroatoms. The van der Waals surface area contributed by atoms with Gasteiger partial charge >= 0.3 is 5.97 Å². The fourth-order valence-corrected chi connectivity index (χ4v) is 1.67. The largest absolute Gasteiger partial charge is 0.481 e. The van der Waals surface area contributed by atoms with Gasteiger partial charge < -0.3 is 15.0 Å². The van der Waals surface area contributed by atoms with Gasteiger partial charge in [0.1, 0.15) is 0 Å². The Labute approximate surface area is 99.7 Å². The van der Waals surface area contributed by atoms with E-state index in [0.29, 0.717) is 5.69 Å². The highest BCUT2D eigenvalue weighted by Gasteiger charge is 2.21. The van der Waals surface area contributed by atoms with Crippen molar-refractivity contribution in [2.75, 3.05) is 0 Å². The maximum Gasteiger partial charge on any atom is 0.305 e. The number of carbonyl (C=O) groups excluding carboxylic acids is 1. The van der Waals surface area contributed by atoms with Gasteiger partial charge in [0.2, 0.25) is 5.91 Å². The number of aliphatic carboxylic acids is 1. The molecule has 0 spiro atoms. The van der Waals surface area contributed by atoms with Crippen LogP contribution in [0.1, 0.15) is 45.0 Å². The fourth-order valence-electron chi connectivity index (χ4n) is 1.67. The Bertz CT molecular complexity index is 396. The molecule has 2 N–H and O–H groups in total. The van der Waals surface area contributed by atoms with Crippen molar-refractivity contribution in [1.29, 1.82) is 0 Å². The van der Waals surface area contributed by atoms with Crippen molar-refractivity contribution in [2.24, 2.45) is 0 Å². The van der Waals surface area contributed by atoms with E-state index >= 15 is 0 Å². The van der Waals surface area contributed by atoms with Crippen molar-refractivity contribution >= 4 is 11.9 Å². The minimum Gasteiger partial charge on any atom is -0.481 e. The van der Waals surface area contributed by atoms with Gasteiger partial charge in [0.25, 0.3) is 0 Å². The van der Waals surface area contributed by atoms with Crippen molar-refractivity contribution in [2.45, 2.75) is 39.3 Å². The first kappa shape index (κ1) is 13.2. The Morgan fingerprint density at radius 1 is 1.53 bits per heavy atom. The zero-order valence-corrected chi connectivity index (χ0v) is 10.2. The summed E-state index contributed by atoms with van der Waals surface area (Å²) in [5.74, 6) is -1.21. The number of aromatic nitrogens is 2. The van der Waals surface area contributed by atoms with Gasteiger partial charge in [-0.3, -0.25) is 9.59 Å². The number of rotatable bonds is 5. The molecular weight excluding hydrogens is 222 g/mol. The fraction of sp³-hybridized carbons (Fsp3) is 0.545. The highest BCUT2D eigenvalue weighted by Crippen LogP contribution is 2.20. The number of carboxylic acid groups (broad SMARTS) is 1. The molecule has 0 aromatic carbocycles. The summed E-state index contributed by atoms with van der Waals surface area (Å²) in [6.45, 7) is 5.30. The molecule has 0 fully saturated rings. The predicted octanol–water partition coefficient (Wildman–Crippen LogP) is 1.12. The first-order chi connectivity index (χ1) is 7.91. The number of carbonyl (C=O) groups is 2. The van der Waals surface area contributed by atoms with Crippen molar-refractivity contribution in [3.63, 3.8) is 0 Å². The Balaban J connectivity index is 2.98. The third kappa shape index (κ3) is 3.58. The second-order valence-corrected chi connectivity index (χ2v) is 4.17. The van der Waals surface area contributed by atoms with Gasteiger partial charge in [-0.2, -0.15) is 0 Å². The zero-order chi connectivity index (χ0) is 13.0. The third-order valence-corrected chi connectivity index (χ3v) is 2.37. The van der Waals surface area contributed by atoms with E-state index in [0.717, 1.165) is 0 Å². The lowest BCUT2D eigenvalue weighted by atomic mass is 10.1. The van der Waals surface area contributed by atoms with E-state index in [2.05, 4.69) is 10.3 Å². The maximum absolute atomic E-state index is 11.1. The summed E-state index contributed by atoms with van der Waals surface area (Å²) in [4.78, 5) is 25.9. The Hall–Kier alpha value is -1.85. The van der Waals surface area contributed by atoms with E-state index in [4.69, 9.17) is 5.11 Å². The van der Waals surface area contributed by atoms with Crippen LogP contribution in [0.15, 0.2) is 12.5 Å². The molecule has 0 unspecified atom stereocenters. The van der Waals surface area contributed by atoms with Crippen molar-refractivity contribution in [1.82, 2.24) is 14.9 Å². The highest BCUT2D eigenvalue weighted by atomic mass is 16.4. The lowest BCUT2D eigenvalue weighted by Gasteiger charge is -2.20. The molecule has 1 rings (SSSR count). The van der Waals surface area contributed by atoms with Crippen LogP contribution < -0.4 is 5.32 Å². The van der Waals surface area contributed by atoms with E-state index in [1.165, 1.54) is 6.92 Å². The summed E-state index contributed by atoms with van der Waals surface area (Å²) in [7, 11) is 0. The number of nitrogens with one attached hydrogen (secondary N) is 1. The SMILES string of the molecule is CC(=O)N[C@H](CC(=O)O)c1cncn1C(C)C. The second-order valence-electron chi connectivity index (χ2n) is 4.17. The van der Waals surface area contributed by atoms with Crippen molar-refractivity contribution in [3.8, 4) is 0 Å². The Kier molecular flexibility index (Phi) is 4.25. The van der Waals surface area contributed by atoms with E-state index in [-0.39, 0.29) is 18.4 Å². The molecule has 17 heavy (non-hydrogen) atoms. The summed E-state index contributed by atoms with van der Waals surface area (Å²) in [5.41, 5.74) is 0.706. The molecule has 0 aliphatic rings. The van der Waals surface area contributed by atoms with Crippen molar-refractivity contribution in [3.05, 3.63) is 18.2 Å². The standard InChI is InChI=1S/C11H17N3O3/c1-7(2)14-6-12-5-10(14)9(4-11(16)17)13-8(3)15/h5-7,9H,4H2,1-3H3,(H,13,15)(H,16,17)/t9-/m1/s1. The number of hydrogen-bond donors (Lipinski definition) is 2. The molecule has 1 amide bonds. The molecule has 0 bridgehead atoms. The normalized spacial score (nSPS) is 12.5. The van der Waals surface area contributed by atoms with Gasteiger partial charge in [-0.1, -0.05) is 0 Å². The van der Waals surface area contributed by atoms with Gasteiger partial charge in [0, 0.05) is 13.0 Å². The topological polar surface area (TPSA) is 84.2 Å². The molecule has 1 aromatic heterocycles. The molecule has 0 saturated carbocycles. The average molecular weight is 239 g/mol. The van der Waals surface area contributed by atoms with Crippen LogP contribution >= 0.6 is 0 Å². The molecule has 94 valence electrons. The van der Waals surface area contributed by atoms with Crippen LogP contribution in [0.2, 0.25) is 0 Å². The maximum atomic E-state index is 11.1. The molecule has 0 aliphatic carbocycles. The minimum absolute atomic E-state index is 0.155. The van der Waals surface area contributed by atoms with Gasteiger partial charge in [-0.25, -0.2) is 4.98 Å². The highest BCUT2D eigenvalue weighted by molar-refractivity contribution is 5.75. The van der Waals surface area contributed by atoms with Gasteiger partial charge in [-0.05, 0) is 13.8 Å². The number of imidazole rings is 1. The summed E-state index contributed by atoms with van der Waals surface area (Å²) in [5, 5.41) is 11.5.